The molecular weight excluding hydrogens is 293 g/mol. The molecule has 0 aliphatic rings. The van der Waals surface area contributed by atoms with Crippen molar-refractivity contribution in [2.75, 3.05) is 7.05 Å². The molecule has 18 heavy (non-hydrogen) atoms. The van der Waals surface area contributed by atoms with Crippen LogP contribution >= 0.6 is 15.9 Å². The van der Waals surface area contributed by atoms with E-state index in [9.17, 15) is 4.39 Å². The molecule has 0 fully saturated rings. The average molecular weight is 308 g/mol. The lowest BCUT2D eigenvalue weighted by atomic mass is 9.99. The molecule has 0 spiro atoms. The van der Waals surface area contributed by atoms with Gasteiger partial charge in [-0.15, -0.1) is 0 Å². The van der Waals surface area contributed by atoms with Crippen LogP contribution < -0.4 is 5.32 Å². The Kier molecular flexibility index (Phi) is 4.50. The van der Waals surface area contributed by atoms with Crippen LogP contribution in [-0.2, 0) is 6.42 Å². The smallest absolute Gasteiger partial charge is 0.124 e. The summed E-state index contributed by atoms with van der Waals surface area (Å²) in [5.74, 6) is -0.206. The van der Waals surface area contributed by atoms with Crippen LogP contribution in [0.1, 0.15) is 17.2 Å². The molecule has 2 aromatic carbocycles. The highest BCUT2D eigenvalue weighted by Crippen LogP contribution is 2.21. The summed E-state index contributed by atoms with van der Waals surface area (Å²) in [5, 5.41) is 3.27. The zero-order chi connectivity index (χ0) is 13.0. The van der Waals surface area contributed by atoms with Crippen molar-refractivity contribution < 1.29 is 4.39 Å². The number of rotatable bonds is 4. The lowest BCUT2D eigenvalue weighted by Crippen LogP contribution is -2.18. The highest BCUT2D eigenvalue weighted by atomic mass is 79.9. The van der Waals surface area contributed by atoms with Crippen molar-refractivity contribution in [3.05, 3.63) is 69.9 Å². The summed E-state index contributed by atoms with van der Waals surface area (Å²) in [6, 6.07) is 15.4. The first-order valence-corrected chi connectivity index (χ1v) is 6.65. The van der Waals surface area contributed by atoms with Crippen LogP contribution in [0.5, 0.6) is 0 Å². The van der Waals surface area contributed by atoms with Gasteiger partial charge in [-0.3, -0.25) is 0 Å². The Morgan fingerprint density at radius 1 is 1.17 bits per heavy atom. The van der Waals surface area contributed by atoms with E-state index in [1.54, 1.807) is 6.07 Å². The van der Waals surface area contributed by atoms with Crippen molar-refractivity contribution in [2.24, 2.45) is 0 Å². The Morgan fingerprint density at radius 3 is 2.50 bits per heavy atom. The van der Waals surface area contributed by atoms with Crippen molar-refractivity contribution in [3.8, 4) is 0 Å². The van der Waals surface area contributed by atoms with Crippen LogP contribution in [0, 0.1) is 5.82 Å². The van der Waals surface area contributed by atoms with Crippen LogP contribution in [0.25, 0.3) is 0 Å². The highest BCUT2D eigenvalue weighted by molar-refractivity contribution is 9.10. The second-order valence-electron chi connectivity index (χ2n) is 4.23. The summed E-state index contributed by atoms with van der Waals surface area (Å²) in [6.07, 6.45) is 0.761. The van der Waals surface area contributed by atoms with Gasteiger partial charge < -0.3 is 5.32 Å². The van der Waals surface area contributed by atoms with Gasteiger partial charge >= 0.3 is 0 Å². The SMILES string of the molecule is CNC(Cc1cc(F)cc(Br)c1)c1ccccc1. The molecule has 0 bridgehead atoms. The third-order valence-electron chi connectivity index (χ3n) is 2.91. The molecule has 0 saturated carbocycles. The second-order valence-corrected chi connectivity index (χ2v) is 5.15. The summed E-state index contributed by atoms with van der Waals surface area (Å²) in [4.78, 5) is 0. The molecule has 94 valence electrons. The maximum atomic E-state index is 13.3. The van der Waals surface area contributed by atoms with Gasteiger partial charge in [0, 0.05) is 10.5 Å². The summed E-state index contributed by atoms with van der Waals surface area (Å²) in [5.41, 5.74) is 2.19. The Balaban J connectivity index is 2.20. The molecule has 0 aliphatic carbocycles. The van der Waals surface area contributed by atoms with E-state index in [1.807, 2.05) is 31.3 Å². The van der Waals surface area contributed by atoms with Crippen molar-refractivity contribution >= 4 is 15.9 Å². The fraction of sp³-hybridized carbons (Fsp3) is 0.200. The van der Waals surface area contributed by atoms with Gasteiger partial charge in [0.15, 0.2) is 0 Å². The number of benzene rings is 2. The molecule has 0 amide bonds. The van der Waals surface area contributed by atoms with Crippen LogP contribution in [0.2, 0.25) is 0 Å². The third kappa shape index (κ3) is 3.40. The zero-order valence-corrected chi connectivity index (χ0v) is 11.7. The van der Waals surface area contributed by atoms with E-state index in [0.717, 1.165) is 16.5 Å². The number of halogens is 2. The molecule has 2 rings (SSSR count). The first kappa shape index (κ1) is 13.2. The Morgan fingerprint density at radius 2 is 1.89 bits per heavy atom. The first-order chi connectivity index (χ1) is 8.69. The lowest BCUT2D eigenvalue weighted by molar-refractivity contribution is 0.584. The molecule has 0 aliphatic heterocycles. The molecule has 1 atom stereocenters. The first-order valence-electron chi connectivity index (χ1n) is 5.86. The van der Waals surface area contributed by atoms with Crippen LogP contribution in [-0.4, -0.2) is 7.05 Å². The summed E-state index contributed by atoms with van der Waals surface area (Å²) in [6.45, 7) is 0. The van der Waals surface area contributed by atoms with E-state index in [2.05, 4.69) is 33.4 Å². The minimum Gasteiger partial charge on any atom is -0.313 e. The van der Waals surface area contributed by atoms with E-state index < -0.39 is 0 Å². The predicted octanol–water partition coefficient (Wildman–Crippen LogP) is 4.09. The molecule has 2 aromatic rings. The van der Waals surface area contributed by atoms with Crippen molar-refractivity contribution in [1.82, 2.24) is 5.32 Å². The van der Waals surface area contributed by atoms with Crippen LogP contribution in [0.3, 0.4) is 0 Å². The van der Waals surface area contributed by atoms with E-state index in [0.29, 0.717) is 0 Å². The van der Waals surface area contributed by atoms with Gasteiger partial charge in [0.1, 0.15) is 5.82 Å². The van der Waals surface area contributed by atoms with Gasteiger partial charge in [-0.1, -0.05) is 46.3 Å². The van der Waals surface area contributed by atoms with Crippen molar-refractivity contribution in [1.29, 1.82) is 0 Å². The number of nitrogens with one attached hydrogen (secondary N) is 1. The molecule has 1 nitrogen and oxygen atoms in total. The molecule has 0 radical (unpaired) electrons. The Hall–Kier alpha value is -1.19. The molecular formula is C15H15BrFN. The fourth-order valence-electron chi connectivity index (χ4n) is 2.04. The van der Waals surface area contributed by atoms with Crippen molar-refractivity contribution in [3.63, 3.8) is 0 Å². The minimum atomic E-state index is -0.206. The molecule has 1 N–H and O–H groups in total. The predicted molar refractivity (Wildman–Crippen MR) is 76.0 cm³/mol. The quantitative estimate of drug-likeness (QED) is 0.897. The standard InChI is InChI=1S/C15H15BrFN/c1-18-15(12-5-3-2-4-6-12)9-11-7-13(16)10-14(17)8-11/h2-8,10,15,18H,9H2,1H3. The van der Waals surface area contributed by atoms with E-state index in [1.165, 1.54) is 11.6 Å². The maximum absolute atomic E-state index is 13.3. The fourth-order valence-corrected chi connectivity index (χ4v) is 2.55. The van der Waals surface area contributed by atoms with Gasteiger partial charge in [-0.25, -0.2) is 4.39 Å². The van der Waals surface area contributed by atoms with E-state index >= 15 is 0 Å². The third-order valence-corrected chi connectivity index (χ3v) is 3.37. The van der Waals surface area contributed by atoms with Gasteiger partial charge in [-0.05, 0) is 42.8 Å². The van der Waals surface area contributed by atoms with Gasteiger partial charge in [0.2, 0.25) is 0 Å². The van der Waals surface area contributed by atoms with E-state index in [-0.39, 0.29) is 11.9 Å². The summed E-state index contributed by atoms with van der Waals surface area (Å²) >= 11 is 3.32. The van der Waals surface area contributed by atoms with E-state index in [4.69, 9.17) is 0 Å². The van der Waals surface area contributed by atoms with Crippen LogP contribution in [0.15, 0.2) is 53.0 Å². The zero-order valence-electron chi connectivity index (χ0n) is 10.2. The Labute approximate surface area is 115 Å². The monoisotopic (exact) mass is 307 g/mol. The Bertz CT molecular complexity index is 493. The second kappa shape index (κ2) is 6.12. The minimum absolute atomic E-state index is 0.194. The molecule has 0 aromatic heterocycles. The highest BCUT2D eigenvalue weighted by Gasteiger charge is 2.10. The largest absolute Gasteiger partial charge is 0.313 e. The topological polar surface area (TPSA) is 12.0 Å². The average Bonchev–Trinajstić information content (AvgIpc) is 2.36. The van der Waals surface area contributed by atoms with Gasteiger partial charge in [0.25, 0.3) is 0 Å². The lowest BCUT2D eigenvalue weighted by Gasteiger charge is -2.17. The molecule has 3 heteroatoms. The van der Waals surface area contributed by atoms with Crippen molar-refractivity contribution in [2.45, 2.75) is 12.5 Å². The molecule has 0 heterocycles. The summed E-state index contributed by atoms with van der Waals surface area (Å²) in [7, 11) is 1.92. The van der Waals surface area contributed by atoms with Gasteiger partial charge in [-0.2, -0.15) is 0 Å². The van der Waals surface area contributed by atoms with Crippen LogP contribution in [0.4, 0.5) is 4.39 Å². The number of hydrogen-bond acceptors (Lipinski definition) is 1. The number of likely N-dealkylation sites (N-methyl/N-ethyl adjacent to an activating group) is 1. The summed E-state index contributed by atoms with van der Waals surface area (Å²) < 4.78 is 14.1. The maximum Gasteiger partial charge on any atom is 0.124 e. The number of hydrogen-bond donors (Lipinski definition) is 1. The molecule has 1 unspecified atom stereocenters. The normalized spacial score (nSPS) is 12.4. The molecule has 0 saturated heterocycles. The van der Waals surface area contributed by atoms with Gasteiger partial charge in [0.05, 0.1) is 0 Å².